The van der Waals surface area contributed by atoms with Crippen LogP contribution in [0.5, 0.6) is 0 Å². The van der Waals surface area contributed by atoms with Crippen molar-refractivity contribution >= 4 is 0 Å². The maximum Gasteiger partial charge on any atom is 0.175 e. The molecule has 0 fully saturated rings. The number of hydrogen-bond donors (Lipinski definition) is 1. The Kier molecular flexibility index (Phi) is 2.10. The van der Waals surface area contributed by atoms with Crippen molar-refractivity contribution in [3.05, 3.63) is 48.2 Å². The lowest BCUT2D eigenvalue weighted by atomic mass is 10.2. The van der Waals surface area contributed by atoms with Crippen LogP contribution in [0, 0.1) is 0 Å². The molecule has 1 unspecified atom stereocenters. The molecule has 0 spiro atoms. The van der Waals surface area contributed by atoms with Crippen molar-refractivity contribution < 1.29 is 4.74 Å². The zero-order valence-electron chi connectivity index (χ0n) is 6.73. The van der Waals surface area contributed by atoms with Crippen molar-refractivity contribution in [2.45, 2.75) is 6.23 Å². The SMILES string of the molecule is C1=COC(c2ccccc2)NC1. The Bertz CT molecular complexity index is 268. The highest BCUT2D eigenvalue weighted by Crippen LogP contribution is 2.15. The fourth-order valence-electron chi connectivity index (χ4n) is 1.23. The standard InChI is InChI=1S/C10H11NO/c1-2-5-9(6-3-1)10-11-7-4-8-12-10/h1-6,8,10-11H,7H2. The van der Waals surface area contributed by atoms with Gasteiger partial charge in [0.1, 0.15) is 0 Å². The van der Waals surface area contributed by atoms with Gasteiger partial charge in [0.15, 0.2) is 6.23 Å². The van der Waals surface area contributed by atoms with Crippen LogP contribution in [0.25, 0.3) is 0 Å². The molecule has 1 atom stereocenters. The van der Waals surface area contributed by atoms with E-state index in [0.29, 0.717) is 0 Å². The topological polar surface area (TPSA) is 21.3 Å². The molecule has 1 aromatic rings. The molecule has 1 N–H and O–H groups in total. The van der Waals surface area contributed by atoms with Gasteiger partial charge in [-0.05, 0) is 6.08 Å². The number of nitrogens with one attached hydrogen (secondary N) is 1. The number of ether oxygens (including phenoxy) is 1. The van der Waals surface area contributed by atoms with Crippen LogP contribution < -0.4 is 5.32 Å². The Morgan fingerprint density at radius 2 is 2.08 bits per heavy atom. The van der Waals surface area contributed by atoms with Gasteiger partial charge in [0.2, 0.25) is 0 Å². The van der Waals surface area contributed by atoms with Gasteiger partial charge in [0, 0.05) is 12.1 Å². The molecule has 12 heavy (non-hydrogen) atoms. The molecule has 0 saturated carbocycles. The van der Waals surface area contributed by atoms with E-state index in [1.807, 2.05) is 24.3 Å². The molecule has 0 aliphatic carbocycles. The first-order chi connectivity index (χ1) is 5.97. The molecule has 0 aromatic heterocycles. The zero-order valence-corrected chi connectivity index (χ0v) is 6.73. The number of benzene rings is 1. The summed E-state index contributed by atoms with van der Waals surface area (Å²) in [7, 11) is 0. The van der Waals surface area contributed by atoms with Crippen molar-refractivity contribution in [3.63, 3.8) is 0 Å². The first-order valence-corrected chi connectivity index (χ1v) is 4.05. The molecular weight excluding hydrogens is 150 g/mol. The third-order valence-corrected chi connectivity index (χ3v) is 1.83. The van der Waals surface area contributed by atoms with Gasteiger partial charge in [-0.25, -0.2) is 0 Å². The second kappa shape index (κ2) is 3.41. The number of rotatable bonds is 1. The van der Waals surface area contributed by atoms with Crippen molar-refractivity contribution in [1.29, 1.82) is 0 Å². The quantitative estimate of drug-likeness (QED) is 0.678. The largest absolute Gasteiger partial charge is 0.479 e. The predicted molar refractivity (Wildman–Crippen MR) is 47.4 cm³/mol. The summed E-state index contributed by atoms with van der Waals surface area (Å²) in [6, 6.07) is 10.1. The summed E-state index contributed by atoms with van der Waals surface area (Å²) in [5, 5.41) is 3.23. The van der Waals surface area contributed by atoms with Crippen molar-refractivity contribution in [2.24, 2.45) is 0 Å². The smallest absolute Gasteiger partial charge is 0.175 e. The van der Waals surface area contributed by atoms with E-state index in [1.165, 1.54) is 5.56 Å². The Morgan fingerprint density at radius 1 is 1.25 bits per heavy atom. The molecule has 1 aliphatic heterocycles. The highest BCUT2D eigenvalue weighted by molar-refractivity contribution is 5.17. The lowest BCUT2D eigenvalue weighted by molar-refractivity contribution is 0.104. The normalized spacial score (nSPS) is 21.8. The minimum atomic E-state index is 0.0243. The molecule has 2 heteroatoms. The van der Waals surface area contributed by atoms with Crippen LogP contribution in [0.1, 0.15) is 11.8 Å². The van der Waals surface area contributed by atoms with Crippen LogP contribution >= 0.6 is 0 Å². The lowest BCUT2D eigenvalue weighted by Crippen LogP contribution is -2.25. The van der Waals surface area contributed by atoms with Gasteiger partial charge in [-0.3, -0.25) is 5.32 Å². The van der Waals surface area contributed by atoms with Crippen LogP contribution in [0.15, 0.2) is 42.7 Å². The Hall–Kier alpha value is -1.28. The second-order valence-corrected chi connectivity index (χ2v) is 2.71. The first kappa shape index (κ1) is 7.37. The summed E-state index contributed by atoms with van der Waals surface area (Å²) >= 11 is 0. The summed E-state index contributed by atoms with van der Waals surface area (Å²) < 4.78 is 5.37. The van der Waals surface area contributed by atoms with Gasteiger partial charge in [-0.2, -0.15) is 0 Å². The van der Waals surface area contributed by atoms with Crippen LogP contribution in [-0.2, 0) is 4.74 Å². The molecule has 0 saturated heterocycles. The van der Waals surface area contributed by atoms with E-state index >= 15 is 0 Å². The molecule has 1 aromatic carbocycles. The average Bonchev–Trinajstić information content (AvgIpc) is 2.21. The number of hydrogen-bond acceptors (Lipinski definition) is 2. The van der Waals surface area contributed by atoms with Crippen molar-refractivity contribution in [2.75, 3.05) is 6.54 Å². The van der Waals surface area contributed by atoms with E-state index in [1.54, 1.807) is 6.26 Å². The van der Waals surface area contributed by atoms with E-state index in [2.05, 4.69) is 17.4 Å². The van der Waals surface area contributed by atoms with Gasteiger partial charge in [-0.15, -0.1) is 0 Å². The summed E-state index contributed by atoms with van der Waals surface area (Å²) in [5.74, 6) is 0. The maximum atomic E-state index is 5.37. The van der Waals surface area contributed by atoms with Gasteiger partial charge in [0.05, 0.1) is 6.26 Å². The summed E-state index contributed by atoms with van der Waals surface area (Å²) in [6.07, 6.45) is 3.73. The molecule has 0 bridgehead atoms. The van der Waals surface area contributed by atoms with Gasteiger partial charge >= 0.3 is 0 Å². The fourth-order valence-corrected chi connectivity index (χ4v) is 1.23. The summed E-state index contributed by atoms with van der Waals surface area (Å²) in [4.78, 5) is 0. The molecule has 1 aliphatic rings. The molecule has 2 nitrogen and oxygen atoms in total. The Balaban J connectivity index is 2.15. The third kappa shape index (κ3) is 1.48. The Labute approximate surface area is 71.9 Å². The summed E-state index contributed by atoms with van der Waals surface area (Å²) in [6.45, 7) is 0.875. The van der Waals surface area contributed by atoms with E-state index < -0.39 is 0 Å². The van der Waals surface area contributed by atoms with Crippen LogP contribution in [0.2, 0.25) is 0 Å². The monoisotopic (exact) mass is 161 g/mol. The highest BCUT2D eigenvalue weighted by Gasteiger charge is 2.10. The van der Waals surface area contributed by atoms with Gasteiger partial charge in [0.25, 0.3) is 0 Å². The minimum Gasteiger partial charge on any atom is -0.479 e. The maximum absolute atomic E-state index is 5.37. The van der Waals surface area contributed by atoms with Crippen LogP contribution in [0.4, 0.5) is 0 Å². The highest BCUT2D eigenvalue weighted by atomic mass is 16.5. The van der Waals surface area contributed by atoms with Gasteiger partial charge < -0.3 is 4.74 Å². The molecule has 1 heterocycles. The Morgan fingerprint density at radius 3 is 2.75 bits per heavy atom. The second-order valence-electron chi connectivity index (χ2n) is 2.71. The van der Waals surface area contributed by atoms with Crippen LogP contribution in [-0.4, -0.2) is 6.54 Å². The summed E-state index contributed by atoms with van der Waals surface area (Å²) in [5.41, 5.74) is 1.17. The lowest BCUT2D eigenvalue weighted by Gasteiger charge is -2.20. The zero-order chi connectivity index (χ0) is 8.23. The van der Waals surface area contributed by atoms with Crippen LogP contribution in [0.3, 0.4) is 0 Å². The molecule has 62 valence electrons. The van der Waals surface area contributed by atoms with E-state index in [0.717, 1.165) is 6.54 Å². The molecule has 0 radical (unpaired) electrons. The van der Waals surface area contributed by atoms with Crippen molar-refractivity contribution in [1.82, 2.24) is 5.32 Å². The predicted octanol–water partition coefficient (Wildman–Crippen LogP) is 1.82. The van der Waals surface area contributed by atoms with E-state index in [4.69, 9.17) is 4.74 Å². The minimum absolute atomic E-state index is 0.0243. The van der Waals surface area contributed by atoms with Gasteiger partial charge in [-0.1, -0.05) is 30.3 Å². The molecular formula is C10H11NO. The van der Waals surface area contributed by atoms with Crippen molar-refractivity contribution in [3.8, 4) is 0 Å². The average molecular weight is 161 g/mol. The fraction of sp³-hybridized carbons (Fsp3) is 0.200. The molecule has 2 rings (SSSR count). The first-order valence-electron chi connectivity index (χ1n) is 4.05. The van der Waals surface area contributed by atoms with E-state index in [9.17, 15) is 0 Å². The third-order valence-electron chi connectivity index (χ3n) is 1.83. The van der Waals surface area contributed by atoms with E-state index in [-0.39, 0.29) is 6.23 Å². The molecule has 0 amide bonds.